The van der Waals surface area contributed by atoms with E-state index in [1.165, 1.54) is 6.07 Å². The molecule has 0 aliphatic carbocycles. The summed E-state index contributed by atoms with van der Waals surface area (Å²) < 4.78 is 14.2. The van der Waals surface area contributed by atoms with Gasteiger partial charge in [0.2, 0.25) is 0 Å². The molecule has 0 spiro atoms. The second-order valence-electron chi connectivity index (χ2n) is 4.37. The Kier molecular flexibility index (Phi) is 3.85. The average molecular weight is 311 g/mol. The number of aromatic nitrogens is 1. The molecule has 18 heavy (non-hydrogen) atoms. The van der Waals surface area contributed by atoms with E-state index in [4.69, 9.17) is 0 Å². The van der Waals surface area contributed by atoms with Crippen molar-refractivity contribution in [3.05, 3.63) is 33.7 Å². The highest BCUT2D eigenvalue weighted by Crippen LogP contribution is 2.34. The van der Waals surface area contributed by atoms with Crippen LogP contribution in [0.2, 0.25) is 0 Å². The molecular formula is C14H16BrFN2. The van der Waals surface area contributed by atoms with Crippen LogP contribution >= 0.6 is 15.9 Å². The van der Waals surface area contributed by atoms with Crippen LogP contribution in [0.3, 0.4) is 0 Å². The molecule has 0 aliphatic rings. The molecule has 2 nitrogen and oxygen atoms in total. The summed E-state index contributed by atoms with van der Waals surface area (Å²) in [6.45, 7) is 4.01. The lowest BCUT2D eigenvalue weighted by molar-refractivity contribution is 0.622. The van der Waals surface area contributed by atoms with Crippen LogP contribution < -0.4 is 5.32 Å². The zero-order chi connectivity index (χ0) is 13.3. The first kappa shape index (κ1) is 13.3. The third-order valence-electron chi connectivity index (χ3n) is 2.99. The summed E-state index contributed by atoms with van der Waals surface area (Å²) in [6.07, 6.45) is 1.97. The van der Waals surface area contributed by atoms with Crippen LogP contribution in [0.15, 0.2) is 16.6 Å². The first-order valence-electron chi connectivity index (χ1n) is 6.04. The van der Waals surface area contributed by atoms with Crippen molar-refractivity contribution in [2.24, 2.45) is 0 Å². The number of anilines is 1. The zero-order valence-corrected chi connectivity index (χ0v) is 12.4. The molecule has 0 bridgehead atoms. The standard InChI is InChI=1S/C14H16BrFN2/c1-4-5-9-7-11(17-3)12-13(15)10(16)6-8(2)14(12)18-9/h6-7H,4-5H2,1-3H3,(H,17,18). The van der Waals surface area contributed by atoms with Gasteiger partial charge < -0.3 is 5.32 Å². The van der Waals surface area contributed by atoms with E-state index in [2.05, 4.69) is 33.2 Å². The third kappa shape index (κ3) is 2.21. The van der Waals surface area contributed by atoms with Crippen LogP contribution in [0.5, 0.6) is 0 Å². The summed E-state index contributed by atoms with van der Waals surface area (Å²) in [6, 6.07) is 3.52. The maximum Gasteiger partial charge on any atom is 0.138 e. The van der Waals surface area contributed by atoms with Crippen molar-refractivity contribution < 1.29 is 4.39 Å². The highest BCUT2D eigenvalue weighted by Gasteiger charge is 2.14. The minimum absolute atomic E-state index is 0.249. The van der Waals surface area contributed by atoms with E-state index in [1.807, 2.05) is 20.0 Å². The smallest absolute Gasteiger partial charge is 0.138 e. The second kappa shape index (κ2) is 5.22. The number of hydrogen-bond donors (Lipinski definition) is 1. The topological polar surface area (TPSA) is 24.9 Å². The molecule has 2 aromatic rings. The van der Waals surface area contributed by atoms with Crippen LogP contribution in [0.1, 0.15) is 24.6 Å². The van der Waals surface area contributed by atoms with Gasteiger partial charge in [-0.2, -0.15) is 0 Å². The number of pyridine rings is 1. The van der Waals surface area contributed by atoms with Crippen molar-refractivity contribution in [1.82, 2.24) is 4.98 Å². The molecule has 1 aromatic carbocycles. The maximum absolute atomic E-state index is 13.8. The summed E-state index contributed by atoms with van der Waals surface area (Å²) in [5.41, 5.74) is 3.67. The number of nitrogens with one attached hydrogen (secondary N) is 1. The van der Waals surface area contributed by atoms with E-state index in [0.717, 1.165) is 40.7 Å². The Morgan fingerprint density at radius 2 is 2.11 bits per heavy atom. The van der Waals surface area contributed by atoms with Gasteiger partial charge in [-0.1, -0.05) is 13.3 Å². The Morgan fingerprint density at radius 1 is 1.39 bits per heavy atom. The predicted octanol–water partition coefficient (Wildman–Crippen LogP) is 4.44. The van der Waals surface area contributed by atoms with Crippen LogP contribution in [0, 0.1) is 12.7 Å². The Morgan fingerprint density at radius 3 is 2.72 bits per heavy atom. The summed E-state index contributed by atoms with van der Waals surface area (Å²) in [7, 11) is 1.84. The van der Waals surface area contributed by atoms with Crippen molar-refractivity contribution >= 4 is 32.5 Å². The van der Waals surface area contributed by atoms with Gasteiger partial charge in [0.25, 0.3) is 0 Å². The molecule has 0 amide bonds. The normalized spacial score (nSPS) is 10.9. The fourth-order valence-electron chi connectivity index (χ4n) is 2.13. The molecule has 0 radical (unpaired) electrons. The molecule has 0 unspecified atom stereocenters. The van der Waals surface area contributed by atoms with Crippen LogP contribution in [-0.4, -0.2) is 12.0 Å². The van der Waals surface area contributed by atoms with Gasteiger partial charge in [0.15, 0.2) is 0 Å². The Labute approximate surface area is 115 Å². The molecule has 1 heterocycles. The predicted molar refractivity (Wildman–Crippen MR) is 77.7 cm³/mol. The van der Waals surface area contributed by atoms with Gasteiger partial charge in [-0.25, -0.2) is 4.39 Å². The van der Waals surface area contributed by atoms with E-state index in [9.17, 15) is 4.39 Å². The van der Waals surface area contributed by atoms with Gasteiger partial charge in [-0.3, -0.25) is 4.98 Å². The molecule has 4 heteroatoms. The second-order valence-corrected chi connectivity index (χ2v) is 5.17. The molecular weight excluding hydrogens is 295 g/mol. The van der Waals surface area contributed by atoms with Crippen LogP contribution in [0.4, 0.5) is 10.1 Å². The molecule has 0 saturated heterocycles. The molecule has 2 rings (SSSR count). The molecule has 0 fully saturated rings. The van der Waals surface area contributed by atoms with Crippen LogP contribution in [0.25, 0.3) is 10.9 Å². The number of fused-ring (bicyclic) bond motifs is 1. The molecule has 1 N–H and O–H groups in total. The highest BCUT2D eigenvalue weighted by molar-refractivity contribution is 9.10. The number of rotatable bonds is 3. The Hall–Kier alpha value is -1.16. The van der Waals surface area contributed by atoms with Crippen molar-refractivity contribution in [3.8, 4) is 0 Å². The van der Waals surface area contributed by atoms with E-state index >= 15 is 0 Å². The number of aryl methyl sites for hydroxylation is 2. The minimum atomic E-state index is -0.249. The fraction of sp³-hybridized carbons (Fsp3) is 0.357. The summed E-state index contributed by atoms with van der Waals surface area (Å²) in [5, 5.41) is 3.94. The molecule has 0 saturated carbocycles. The van der Waals surface area contributed by atoms with Gasteiger partial charge in [-0.15, -0.1) is 0 Å². The van der Waals surface area contributed by atoms with E-state index < -0.39 is 0 Å². The number of benzene rings is 1. The first-order valence-corrected chi connectivity index (χ1v) is 6.83. The summed E-state index contributed by atoms with van der Waals surface area (Å²) in [5.74, 6) is -0.249. The molecule has 0 aliphatic heterocycles. The fourth-order valence-corrected chi connectivity index (χ4v) is 2.64. The van der Waals surface area contributed by atoms with Gasteiger partial charge in [0, 0.05) is 23.8 Å². The van der Waals surface area contributed by atoms with Gasteiger partial charge in [0.1, 0.15) is 5.82 Å². The first-order chi connectivity index (χ1) is 8.58. The van der Waals surface area contributed by atoms with Crippen molar-refractivity contribution in [1.29, 1.82) is 0 Å². The van der Waals surface area contributed by atoms with Crippen molar-refractivity contribution in [2.45, 2.75) is 26.7 Å². The third-order valence-corrected chi connectivity index (χ3v) is 3.77. The largest absolute Gasteiger partial charge is 0.387 e. The van der Waals surface area contributed by atoms with Crippen molar-refractivity contribution in [3.63, 3.8) is 0 Å². The molecule has 0 atom stereocenters. The van der Waals surface area contributed by atoms with E-state index in [1.54, 1.807) is 0 Å². The molecule has 1 aromatic heterocycles. The summed E-state index contributed by atoms with van der Waals surface area (Å²) in [4.78, 5) is 4.64. The lowest BCUT2D eigenvalue weighted by Crippen LogP contribution is -1.99. The average Bonchev–Trinajstić information content (AvgIpc) is 2.35. The molecule has 96 valence electrons. The van der Waals surface area contributed by atoms with E-state index in [-0.39, 0.29) is 5.82 Å². The number of nitrogens with zero attached hydrogens (tertiary/aromatic N) is 1. The number of halogens is 2. The van der Waals surface area contributed by atoms with Gasteiger partial charge >= 0.3 is 0 Å². The van der Waals surface area contributed by atoms with Crippen molar-refractivity contribution in [2.75, 3.05) is 12.4 Å². The highest BCUT2D eigenvalue weighted by atomic mass is 79.9. The Bertz CT molecular complexity index is 596. The van der Waals surface area contributed by atoms with Gasteiger partial charge in [-0.05, 0) is 47.0 Å². The van der Waals surface area contributed by atoms with Gasteiger partial charge in [0.05, 0.1) is 9.99 Å². The quantitative estimate of drug-likeness (QED) is 0.906. The lowest BCUT2D eigenvalue weighted by Gasteiger charge is -2.12. The zero-order valence-electron chi connectivity index (χ0n) is 10.8. The van der Waals surface area contributed by atoms with Crippen LogP contribution in [-0.2, 0) is 6.42 Å². The maximum atomic E-state index is 13.8. The monoisotopic (exact) mass is 310 g/mol. The summed E-state index contributed by atoms with van der Waals surface area (Å²) >= 11 is 3.32. The minimum Gasteiger partial charge on any atom is -0.387 e. The van der Waals surface area contributed by atoms with E-state index in [0.29, 0.717) is 4.47 Å². The SMILES string of the molecule is CCCc1cc(NC)c2c(Br)c(F)cc(C)c2n1. The lowest BCUT2D eigenvalue weighted by atomic mass is 10.1. The number of hydrogen-bond acceptors (Lipinski definition) is 2. The Balaban J connectivity index is 2.82.